The van der Waals surface area contributed by atoms with Gasteiger partial charge >= 0.3 is 0 Å². The fraction of sp³-hybridized carbons (Fsp3) is 0.360. The van der Waals surface area contributed by atoms with Gasteiger partial charge in [0, 0.05) is 19.2 Å². The normalized spacial score (nSPS) is 22.0. The Morgan fingerprint density at radius 2 is 1.73 bits per heavy atom. The van der Waals surface area contributed by atoms with Crippen molar-refractivity contribution in [3.05, 3.63) is 59.2 Å². The number of nitrogens with zero attached hydrogens (tertiary/aromatic N) is 1. The van der Waals surface area contributed by atoms with Crippen molar-refractivity contribution in [2.45, 2.75) is 25.0 Å². The summed E-state index contributed by atoms with van der Waals surface area (Å²) >= 11 is 0. The molecule has 2 unspecified atom stereocenters. The molecule has 1 amide bonds. The second kappa shape index (κ2) is 9.54. The number of methoxy groups -OCH3 is 3. The molecule has 2 fully saturated rings. The van der Waals surface area contributed by atoms with Crippen LogP contribution in [0.1, 0.15) is 30.0 Å². The number of ether oxygens (including phenoxy) is 4. The summed E-state index contributed by atoms with van der Waals surface area (Å²) in [6.07, 6.45) is 1.56. The lowest BCUT2D eigenvalue weighted by atomic mass is 9.94. The summed E-state index contributed by atoms with van der Waals surface area (Å²) in [6, 6.07) is 11.2. The van der Waals surface area contributed by atoms with Crippen molar-refractivity contribution in [2.75, 3.05) is 34.5 Å². The maximum atomic E-state index is 13.2. The van der Waals surface area contributed by atoms with Crippen molar-refractivity contribution in [1.82, 2.24) is 4.90 Å². The molecule has 2 aliphatic rings. The summed E-state index contributed by atoms with van der Waals surface area (Å²) in [4.78, 5) is 27.8. The van der Waals surface area contributed by atoms with Crippen molar-refractivity contribution in [3.8, 4) is 17.2 Å². The molecule has 2 atom stereocenters. The predicted octanol–water partition coefficient (Wildman–Crippen LogP) is 3.31. The zero-order chi connectivity index (χ0) is 23.5. The number of aliphatic hydroxyl groups is 1. The van der Waals surface area contributed by atoms with Gasteiger partial charge in [0.05, 0.1) is 44.6 Å². The van der Waals surface area contributed by atoms with Gasteiger partial charge < -0.3 is 29.0 Å². The Kier molecular flexibility index (Phi) is 6.55. The quantitative estimate of drug-likeness (QED) is 0.390. The van der Waals surface area contributed by atoms with E-state index in [1.807, 2.05) is 0 Å². The number of rotatable bonds is 7. The van der Waals surface area contributed by atoms with E-state index in [1.54, 1.807) is 49.6 Å². The number of hydrogen-bond donors (Lipinski definition) is 1. The molecule has 1 N–H and O–H groups in total. The van der Waals surface area contributed by atoms with E-state index in [2.05, 4.69) is 0 Å². The number of Topliss-reactive ketones (excluding diaryl/α,β-unsaturated/α-hetero) is 1. The van der Waals surface area contributed by atoms with Crippen molar-refractivity contribution in [1.29, 1.82) is 0 Å². The minimum Gasteiger partial charge on any atom is -0.507 e. The molecule has 8 heteroatoms. The third-order valence-corrected chi connectivity index (χ3v) is 6.06. The standard InChI is InChI=1S/C25H27NO7/c1-30-16-8-6-15(7-9-16)22-21(23(27)19-11-10-17(31-2)13-20(19)32-3)24(28)25(29)26(22)14-18-5-4-12-33-18/h6-11,13,18,22,27H,4-5,12,14H2,1-3H3/b23-21-. The molecular weight excluding hydrogens is 426 g/mol. The van der Waals surface area contributed by atoms with Gasteiger partial charge in [0.2, 0.25) is 0 Å². The third-order valence-electron chi connectivity index (χ3n) is 6.06. The monoisotopic (exact) mass is 453 g/mol. The number of carbonyl (C=O) groups is 2. The first-order chi connectivity index (χ1) is 16.0. The van der Waals surface area contributed by atoms with Gasteiger partial charge in [-0.1, -0.05) is 12.1 Å². The molecule has 2 saturated heterocycles. The molecule has 33 heavy (non-hydrogen) atoms. The van der Waals surface area contributed by atoms with Crippen LogP contribution in [0.5, 0.6) is 17.2 Å². The largest absolute Gasteiger partial charge is 0.507 e. The van der Waals surface area contributed by atoms with Crippen LogP contribution in [-0.2, 0) is 14.3 Å². The average Bonchev–Trinajstić information content (AvgIpc) is 3.45. The summed E-state index contributed by atoms with van der Waals surface area (Å²) in [5, 5.41) is 11.3. The first-order valence-corrected chi connectivity index (χ1v) is 10.7. The van der Waals surface area contributed by atoms with Gasteiger partial charge in [-0.05, 0) is 42.7 Å². The van der Waals surface area contributed by atoms with Gasteiger partial charge in [0.15, 0.2) is 0 Å². The Labute approximate surface area is 192 Å². The van der Waals surface area contributed by atoms with Crippen LogP contribution in [0.4, 0.5) is 0 Å². The minimum absolute atomic E-state index is 0.00614. The topological polar surface area (TPSA) is 94.5 Å². The molecule has 0 saturated carbocycles. The summed E-state index contributed by atoms with van der Waals surface area (Å²) in [6.45, 7) is 0.892. The molecule has 8 nitrogen and oxygen atoms in total. The first-order valence-electron chi connectivity index (χ1n) is 10.7. The molecule has 2 heterocycles. The van der Waals surface area contributed by atoms with Gasteiger partial charge in [-0.15, -0.1) is 0 Å². The summed E-state index contributed by atoms with van der Waals surface area (Å²) < 4.78 is 21.6. The lowest BCUT2D eigenvalue weighted by Crippen LogP contribution is -2.36. The van der Waals surface area contributed by atoms with Gasteiger partial charge in [0.25, 0.3) is 11.7 Å². The number of aliphatic hydroxyl groups excluding tert-OH is 1. The second-order valence-electron chi connectivity index (χ2n) is 7.93. The second-order valence-corrected chi connectivity index (χ2v) is 7.93. The lowest BCUT2D eigenvalue weighted by Gasteiger charge is -2.27. The molecule has 0 bridgehead atoms. The Balaban J connectivity index is 1.84. The fourth-order valence-electron chi connectivity index (χ4n) is 4.35. The summed E-state index contributed by atoms with van der Waals surface area (Å²) in [5.41, 5.74) is 0.987. The first kappa shape index (κ1) is 22.7. The number of amides is 1. The van der Waals surface area contributed by atoms with Crippen LogP contribution in [0.25, 0.3) is 5.76 Å². The number of ketones is 1. The maximum Gasteiger partial charge on any atom is 0.295 e. The van der Waals surface area contributed by atoms with E-state index in [1.165, 1.54) is 19.1 Å². The van der Waals surface area contributed by atoms with Crippen molar-refractivity contribution in [2.24, 2.45) is 0 Å². The van der Waals surface area contributed by atoms with Crippen LogP contribution >= 0.6 is 0 Å². The summed E-state index contributed by atoms with van der Waals surface area (Å²) in [7, 11) is 4.55. The van der Waals surface area contributed by atoms with E-state index < -0.39 is 17.7 Å². The van der Waals surface area contributed by atoms with E-state index in [0.717, 1.165) is 12.8 Å². The molecule has 0 spiro atoms. The Morgan fingerprint density at radius 3 is 2.33 bits per heavy atom. The molecule has 2 aromatic carbocycles. The van der Waals surface area contributed by atoms with Crippen molar-refractivity contribution in [3.63, 3.8) is 0 Å². The smallest absolute Gasteiger partial charge is 0.295 e. The molecule has 2 aromatic rings. The van der Waals surface area contributed by atoms with Crippen LogP contribution in [-0.4, -0.2) is 62.3 Å². The molecule has 0 aliphatic carbocycles. The fourth-order valence-corrected chi connectivity index (χ4v) is 4.35. The van der Waals surface area contributed by atoms with Gasteiger partial charge in [-0.25, -0.2) is 0 Å². The summed E-state index contributed by atoms with van der Waals surface area (Å²) in [5.74, 6) is -0.209. The molecule has 0 radical (unpaired) electrons. The molecule has 2 aliphatic heterocycles. The zero-order valence-corrected chi connectivity index (χ0v) is 18.9. The van der Waals surface area contributed by atoms with E-state index in [4.69, 9.17) is 18.9 Å². The number of benzene rings is 2. The Hall–Kier alpha value is -3.52. The van der Waals surface area contributed by atoms with Crippen LogP contribution < -0.4 is 14.2 Å². The minimum atomic E-state index is -0.771. The van der Waals surface area contributed by atoms with E-state index in [0.29, 0.717) is 35.0 Å². The highest BCUT2D eigenvalue weighted by Crippen LogP contribution is 2.42. The number of carbonyl (C=O) groups excluding carboxylic acids is 2. The highest BCUT2D eigenvalue weighted by molar-refractivity contribution is 6.46. The molecular formula is C25H27NO7. The van der Waals surface area contributed by atoms with Crippen molar-refractivity contribution >= 4 is 17.4 Å². The van der Waals surface area contributed by atoms with Crippen LogP contribution in [0.2, 0.25) is 0 Å². The highest BCUT2D eigenvalue weighted by atomic mass is 16.5. The number of hydrogen-bond acceptors (Lipinski definition) is 7. The Bertz CT molecular complexity index is 1070. The molecule has 4 rings (SSSR count). The molecule has 174 valence electrons. The van der Waals surface area contributed by atoms with Crippen molar-refractivity contribution < 1.29 is 33.6 Å². The molecule has 0 aromatic heterocycles. The van der Waals surface area contributed by atoms with Gasteiger partial charge in [0.1, 0.15) is 23.0 Å². The third kappa shape index (κ3) is 4.26. The SMILES string of the molecule is COc1ccc(C2/C(=C(/O)c3ccc(OC)cc3OC)C(=O)C(=O)N2CC2CCCO2)cc1. The number of likely N-dealkylation sites (tertiary alicyclic amines) is 1. The van der Waals surface area contributed by atoms with E-state index in [9.17, 15) is 14.7 Å². The predicted molar refractivity (Wildman–Crippen MR) is 121 cm³/mol. The Morgan fingerprint density at radius 1 is 1.03 bits per heavy atom. The van der Waals surface area contributed by atoms with Gasteiger partial charge in [-0.3, -0.25) is 9.59 Å². The highest BCUT2D eigenvalue weighted by Gasteiger charge is 2.47. The van der Waals surface area contributed by atoms with E-state index in [-0.39, 0.29) is 24.0 Å². The van der Waals surface area contributed by atoms with E-state index >= 15 is 0 Å². The average molecular weight is 453 g/mol. The van der Waals surface area contributed by atoms with Crippen LogP contribution in [0.15, 0.2) is 48.0 Å². The van der Waals surface area contributed by atoms with Crippen LogP contribution in [0.3, 0.4) is 0 Å². The maximum absolute atomic E-state index is 13.2. The lowest BCUT2D eigenvalue weighted by molar-refractivity contribution is -0.140. The zero-order valence-electron chi connectivity index (χ0n) is 18.9. The van der Waals surface area contributed by atoms with Crippen LogP contribution in [0, 0.1) is 0 Å². The van der Waals surface area contributed by atoms with Gasteiger partial charge in [-0.2, -0.15) is 0 Å².